The third-order valence-corrected chi connectivity index (χ3v) is 3.82. The molecule has 2 aromatic rings. The molecule has 2 aromatic heterocycles. The average Bonchev–Trinajstić information content (AvgIpc) is 2.96. The third kappa shape index (κ3) is 2.37. The lowest BCUT2D eigenvalue weighted by atomic mass is 10.3. The minimum absolute atomic E-state index is 0.000929. The smallest absolute Gasteiger partial charge is 0.282 e. The highest BCUT2D eigenvalue weighted by molar-refractivity contribution is 7.92. The topological polar surface area (TPSA) is 92.7 Å². The van der Waals surface area contributed by atoms with Crippen LogP contribution in [0.2, 0.25) is 0 Å². The lowest BCUT2D eigenvalue weighted by molar-refractivity contribution is 0.597. The second kappa shape index (κ2) is 4.81. The Morgan fingerprint density at radius 1 is 1.44 bits per heavy atom. The van der Waals surface area contributed by atoms with E-state index in [0.29, 0.717) is 18.8 Å². The summed E-state index contributed by atoms with van der Waals surface area (Å²) in [7, 11) is -3.66. The summed E-state index contributed by atoms with van der Waals surface area (Å²) >= 11 is 0. The molecule has 0 saturated heterocycles. The molecule has 0 amide bonds. The van der Waals surface area contributed by atoms with Gasteiger partial charge in [0.25, 0.3) is 10.0 Å². The van der Waals surface area contributed by atoms with Crippen LogP contribution in [0.3, 0.4) is 0 Å². The van der Waals surface area contributed by atoms with Crippen molar-refractivity contribution in [3.8, 4) is 0 Å². The van der Waals surface area contributed by atoms with Gasteiger partial charge in [-0.15, -0.1) is 0 Å². The molecule has 0 aromatic carbocycles. The van der Waals surface area contributed by atoms with Crippen LogP contribution in [0.4, 0.5) is 5.82 Å². The zero-order valence-electron chi connectivity index (χ0n) is 10.2. The van der Waals surface area contributed by atoms with Crippen LogP contribution < -0.4 is 4.72 Å². The first-order valence-corrected chi connectivity index (χ1v) is 7.12. The number of anilines is 1. The molecule has 0 unspecified atom stereocenters. The maximum absolute atomic E-state index is 12.1. The fourth-order valence-electron chi connectivity index (χ4n) is 1.51. The Bertz CT molecular complexity index is 628. The number of sulfonamides is 1. The molecule has 0 saturated carbocycles. The van der Waals surface area contributed by atoms with Crippen molar-refractivity contribution in [3.05, 3.63) is 24.3 Å². The Hall–Kier alpha value is -1.83. The molecule has 2 rings (SSSR count). The maximum Gasteiger partial charge on any atom is 0.282 e. The highest BCUT2D eigenvalue weighted by atomic mass is 32.2. The van der Waals surface area contributed by atoms with Crippen LogP contribution in [-0.4, -0.2) is 28.2 Å². The van der Waals surface area contributed by atoms with E-state index in [1.807, 2.05) is 13.8 Å². The van der Waals surface area contributed by atoms with Crippen molar-refractivity contribution < 1.29 is 8.42 Å². The Kier molecular flexibility index (Phi) is 3.37. The number of hydrogen-bond acceptors (Lipinski definition) is 4. The van der Waals surface area contributed by atoms with E-state index in [4.69, 9.17) is 0 Å². The van der Waals surface area contributed by atoms with Crippen LogP contribution in [0.25, 0.3) is 0 Å². The Morgan fingerprint density at radius 2 is 2.22 bits per heavy atom. The Balaban J connectivity index is 2.27. The van der Waals surface area contributed by atoms with Crippen LogP contribution in [0.5, 0.6) is 0 Å². The number of rotatable bonds is 5. The van der Waals surface area contributed by atoms with Gasteiger partial charge < -0.3 is 4.57 Å². The summed E-state index contributed by atoms with van der Waals surface area (Å²) in [4.78, 5) is 3.87. The van der Waals surface area contributed by atoms with Crippen molar-refractivity contribution in [1.82, 2.24) is 19.7 Å². The van der Waals surface area contributed by atoms with E-state index in [-0.39, 0.29) is 5.03 Å². The number of aryl methyl sites for hydroxylation is 2. The quantitative estimate of drug-likeness (QED) is 0.846. The Morgan fingerprint density at radius 3 is 2.83 bits per heavy atom. The summed E-state index contributed by atoms with van der Waals surface area (Å²) in [6.45, 7) is 4.51. The first kappa shape index (κ1) is 12.6. The van der Waals surface area contributed by atoms with Crippen molar-refractivity contribution in [1.29, 1.82) is 0 Å². The summed E-state index contributed by atoms with van der Waals surface area (Å²) in [5.74, 6) is 0.392. The van der Waals surface area contributed by atoms with Crippen LogP contribution in [0.15, 0.2) is 23.7 Å². The van der Waals surface area contributed by atoms with Gasteiger partial charge >= 0.3 is 0 Å². The molecule has 98 valence electrons. The van der Waals surface area contributed by atoms with Gasteiger partial charge in [-0.2, -0.15) is 13.5 Å². The number of imidazole rings is 1. The van der Waals surface area contributed by atoms with Crippen molar-refractivity contribution in [2.45, 2.75) is 31.8 Å². The molecule has 7 nitrogen and oxygen atoms in total. The number of nitrogens with one attached hydrogen (secondary N) is 2. The predicted octanol–water partition coefficient (Wildman–Crippen LogP) is 0.989. The van der Waals surface area contributed by atoms with Gasteiger partial charge in [0.1, 0.15) is 5.82 Å². The molecule has 2 N–H and O–H groups in total. The predicted molar refractivity (Wildman–Crippen MR) is 66.7 cm³/mol. The van der Waals surface area contributed by atoms with Gasteiger partial charge in [-0.1, -0.05) is 6.92 Å². The second-order valence-corrected chi connectivity index (χ2v) is 5.40. The lowest BCUT2D eigenvalue weighted by Crippen LogP contribution is -2.14. The van der Waals surface area contributed by atoms with E-state index in [2.05, 4.69) is 19.9 Å². The summed E-state index contributed by atoms with van der Waals surface area (Å²) in [5, 5.41) is 6.44. The van der Waals surface area contributed by atoms with Crippen molar-refractivity contribution in [2.75, 3.05) is 4.72 Å². The average molecular weight is 269 g/mol. The Labute approximate surface area is 105 Å². The van der Waals surface area contributed by atoms with Crippen LogP contribution in [0, 0.1) is 0 Å². The SMILES string of the molecule is CCc1cn[nH]c1NS(=O)(=O)c1cn(CC)cn1. The molecule has 0 bridgehead atoms. The van der Waals surface area contributed by atoms with Gasteiger partial charge in [-0.25, -0.2) is 4.98 Å². The molecular weight excluding hydrogens is 254 g/mol. The van der Waals surface area contributed by atoms with E-state index in [1.165, 1.54) is 12.5 Å². The number of aromatic nitrogens is 4. The summed E-state index contributed by atoms with van der Waals surface area (Å²) < 4.78 is 28.3. The largest absolute Gasteiger partial charge is 0.336 e. The molecule has 2 heterocycles. The van der Waals surface area contributed by atoms with Gasteiger partial charge in [0.05, 0.1) is 12.5 Å². The maximum atomic E-state index is 12.1. The standard InChI is InChI=1S/C10H15N5O2S/c1-3-8-5-12-13-10(8)14-18(16,17)9-6-15(4-2)7-11-9/h5-7H,3-4H2,1-2H3,(H2,12,13,14). The minimum atomic E-state index is -3.66. The van der Waals surface area contributed by atoms with Crippen LogP contribution >= 0.6 is 0 Å². The van der Waals surface area contributed by atoms with E-state index in [9.17, 15) is 8.42 Å². The third-order valence-electron chi connectivity index (χ3n) is 2.59. The zero-order chi connectivity index (χ0) is 13.2. The highest BCUT2D eigenvalue weighted by Gasteiger charge is 2.19. The normalized spacial score (nSPS) is 11.7. The first-order chi connectivity index (χ1) is 8.56. The van der Waals surface area contributed by atoms with Crippen LogP contribution in [0.1, 0.15) is 19.4 Å². The van der Waals surface area contributed by atoms with Gasteiger partial charge in [-0.05, 0) is 13.3 Å². The second-order valence-electron chi connectivity index (χ2n) is 3.77. The summed E-state index contributed by atoms with van der Waals surface area (Å²) in [6.07, 6.45) is 5.27. The van der Waals surface area contributed by atoms with E-state index < -0.39 is 10.0 Å². The van der Waals surface area contributed by atoms with Gasteiger partial charge in [0.15, 0.2) is 5.03 Å². The monoisotopic (exact) mass is 269 g/mol. The van der Waals surface area contributed by atoms with Crippen molar-refractivity contribution in [3.63, 3.8) is 0 Å². The molecule has 0 spiro atoms. The van der Waals surface area contributed by atoms with Crippen LogP contribution in [-0.2, 0) is 23.0 Å². The molecular formula is C10H15N5O2S. The van der Waals surface area contributed by atoms with Gasteiger partial charge in [0, 0.05) is 18.3 Å². The number of H-pyrrole nitrogens is 1. The lowest BCUT2D eigenvalue weighted by Gasteiger charge is -2.04. The molecule has 0 aliphatic heterocycles. The molecule has 0 atom stereocenters. The number of nitrogens with zero attached hydrogens (tertiary/aromatic N) is 3. The zero-order valence-corrected chi connectivity index (χ0v) is 11.0. The van der Waals surface area contributed by atoms with Crippen molar-refractivity contribution >= 4 is 15.8 Å². The summed E-state index contributed by atoms with van der Waals surface area (Å²) in [5.41, 5.74) is 0.813. The molecule has 8 heteroatoms. The van der Waals surface area contributed by atoms with E-state index >= 15 is 0 Å². The van der Waals surface area contributed by atoms with Gasteiger partial charge in [-0.3, -0.25) is 9.82 Å². The van der Waals surface area contributed by atoms with E-state index in [0.717, 1.165) is 5.56 Å². The molecule has 0 aliphatic rings. The molecule has 18 heavy (non-hydrogen) atoms. The van der Waals surface area contributed by atoms with Gasteiger partial charge in [0.2, 0.25) is 0 Å². The van der Waals surface area contributed by atoms with E-state index in [1.54, 1.807) is 10.8 Å². The summed E-state index contributed by atoms with van der Waals surface area (Å²) in [6, 6.07) is 0. The minimum Gasteiger partial charge on any atom is -0.336 e. The number of aromatic amines is 1. The molecule has 0 radical (unpaired) electrons. The first-order valence-electron chi connectivity index (χ1n) is 5.63. The van der Waals surface area contributed by atoms with Crippen molar-refractivity contribution in [2.24, 2.45) is 0 Å². The molecule has 0 fully saturated rings. The molecule has 0 aliphatic carbocycles. The fraction of sp³-hybridized carbons (Fsp3) is 0.400. The number of hydrogen-bond donors (Lipinski definition) is 2. The highest BCUT2D eigenvalue weighted by Crippen LogP contribution is 2.16. The fourth-order valence-corrected chi connectivity index (χ4v) is 2.52.